The first-order valence-corrected chi connectivity index (χ1v) is 6.74. The molecule has 1 fully saturated rings. The van der Waals surface area contributed by atoms with Crippen molar-refractivity contribution in [3.8, 4) is 0 Å². The van der Waals surface area contributed by atoms with Crippen LogP contribution in [0.5, 0.6) is 0 Å². The lowest BCUT2D eigenvalue weighted by Gasteiger charge is -2.21. The summed E-state index contributed by atoms with van der Waals surface area (Å²) in [6.07, 6.45) is 2.72. The molecule has 2 N–H and O–H groups in total. The van der Waals surface area contributed by atoms with Gasteiger partial charge in [-0.1, -0.05) is 29.8 Å². The minimum absolute atomic E-state index is 0.168. The van der Waals surface area contributed by atoms with Gasteiger partial charge < -0.3 is 10.6 Å². The summed E-state index contributed by atoms with van der Waals surface area (Å²) < 4.78 is 0. The number of hydrogen-bond donors (Lipinski definition) is 2. The van der Waals surface area contributed by atoms with Crippen LogP contribution in [0.2, 0.25) is 0 Å². The number of nitrogens with one attached hydrogen (secondary N) is 2. The average Bonchev–Trinajstić information content (AvgIpc) is 2.53. The maximum Gasteiger partial charge on any atom is 0.221 e. The van der Waals surface area contributed by atoms with E-state index in [2.05, 4.69) is 48.7 Å². The monoisotopic (exact) mass is 246 g/mol. The SMILES string of the molecule is Cc1cccc([C@@H](C)NC2CCCNC(=O)C2)c1. The van der Waals surface area contributed by atoms with Crippen molar-refractivity contribution < 1.29 is 4.79 Å². The molecule has 3 nitrogen and oxygen atoms in total. The topological polar surface area (TPSA) is 41.1 Å². The molecule has 0 saturated carbocycles. The van der Waals surface area contributed by atoms with Gasteiger partial charge in [0.25, 0.3) is 0 Å². The van der Waals surface area contributed by atoms with E-state index in [0.717, 1.165) is 19.4 Å². The van der Waals surface area contributed by atoms with Gasteiger partial charge >= 0.3 is 0 Å². The van der Waals surface area contributed by atoms with E-state index >= 15 is 0 Å². The number of rotatable bonds is 3. The van der Waals surface area contributed by atoms with Crippen LogP contribution in [0.25, 0.3) is 0 Å². The summed E-state index contributed by atoms with van der Waals surface area (Å²) >= 11 is 0. The molecule has 1 amide bonds. The van der Waals surface area contributed by atoms with Crippen LogP contribution in [-0.4, -0.2) is 18.5 Å². The summed E-state index contributed by atoms with van der Waals surface area (Å²) in [6.45, 7) is 5.09. The number of amides is 1. The van der Waals surface area contributed by atoms with Crippen LogP contribution in [-0.2, 0) is 4.79 Å². The lowest BCUT2D eigenvalue weighted by Crippen LogP contribution is -2.34. The highest BCUT2D eigenvalue weighted by atomic mass is 16.1. The van der Waals surface area contributed by atoms with Crippen molar-refractivity contribution >= 4 is 5.91 Å². The first-order valence-electron chi connectivity index (χ1n) is 6.74. The van der Waals surface area contributed by atoms with Gasteiger partial charge in [-0.3, -0.25) is 4.79 Å². The molecule has 1 unspecified atom stereocenters. The molecular formula is C15H22N2O. The fourth-order valence-corrected chi connectivity index (χ4v) is 2.51. The van der Waals surface area contributed by atoms with Crippen LogP contribution in [0.15, 0.2) is 24.3 Å². The highest BCUT2D eigenvalue weighted by Gasteiger charge is 2.19. The normalized spacial score (nSPS) is 22.1. The van der Waals surface area contributed by atoms with Crippen molar-refractivity contribution in [1.82, 2.24) is 10.6 Å². The summed E-state index contributed by atoms with van der Waals surface area (Å²) in [4.78, 5) is 11.5. The van der Waals surface area contributed by atoms with Gasteiger partial charge in [-0.05, 0) is 32.3 Å². The Labute approximate surface area is 109 Å². The Hall–Kier alpha value is -1.35. The molecule has 0 radical (unpaired) electrons. The third kappa shape index (κ3) is 3.57. The molecule has 1 aliphatic heterocycles. The molecule has 3 heteroatoms. The third-order valence-electron chi connectivity index (χ3n) is 3.51. The summed E-state index contributed by atoms with van der Waals surface area (Å²) in [7, 11) is 0. The summed E-state index contributed by atoms with van der Waals surface area (Å²) in [5.74, 6) is 0.168. The maximum atomic E-state index is 11.5. The lowest BCUT2D eigenvalue weighted by atomic mass is 10.0. The largest absolute Gasteiger partial charge is 0.356 e. The van der Waals surface area contributed by atoms with Crippen LogP contribution in [0, 0.1) is 6.92 Å². The van der Waals surface area contributed by atoms with Gasteiger partial charge in [-0.15, -0.1) is 0 Å². The van der Waals surface area contributed by atoms with E-state index in [4.69, 9.17) is 0 Å². The van der Waals surface area contributed by atoms with Gasteiger partial charge in [0.05, 0.1) is 0 Å². The van der Waals surface area contributed by atoms with Crippen LogP contribution in [0.3, 0.4) is 0 Å². The molecular weight excluding hydrogens is 224 g/mol. The van der Waals surface area contributed by atoms with Gasteiger partial charge in [-0.25, -0.2) is 0 Å². The number of carbonyl (C=O) groups is 1. The molecule has 2 atom stereocenters. The molecule has 1 aromatic rings. The molecule has 0 aliphatic carbocycles. The Kier molecular flexibility index (Phi) is 4.37. The predicted octanol–water partition coefficient (Wildman–Crippen LogP) is 2.31. The second kappa shape index (κ2) is 6.01. The second-order valence-corrected chi connectivity index (χ2v) is 5.20. The molecule has 1 saturated heterocycles. The highest BCUT2D eigenvalue weighted by Crippen LogP contribution is 2.17. The standard InChI is InChI=1S/C15H22N2O/c1-11-5-3-6-13(9-11)12(2)17-14-7-4-8-16-15(18)10-14/h3,5-6,9,12,14,17H,4,7-8,10H2,1-2H3,(H,16,18)/t12-,14?/m1/s1. The minimum Gasteiger partial charge on any atom is -0.356 e. The quantitative estimate of drug-likeness (QED) is 0.859. The fraction of sp³-hybridized carbons (Fsp3) is 0.533. The van der Waals surface area contributed by atoms with Gasteiger partial charge in [-0.2, -0.15) is 0 Å². The Balaban J connectivity index is 1.97. The zero-order valence-electron chi connectivity index (χ0n) is 11.2. The number of hydrogen-bond acceptors (Lipinski definition) is 2. The lowest BCUT2D eigenvalue weighted by molar-refractivity contribution is -0.121. The van der Waals surface area contributed by atoms with Crippen molar-refractivity contribution in [2.75, 3.05) is 6.54 Å². The van der Waals surface area contributed by atoms with Crippen LogP contribution < -0.4 is 10.6 Å². The first-order chi connectivity index (χ1) is 8.65. The van der Waals surface area contributed by atoms with Gasteiger partial charge in [0.15, 0.2) is 0 Å². The molecule has 18 heavy (non-hydrogen) atoms. The molecule has 1 aliphatic rings. The molecule has 1 heterocycles. The van der Waals surface area contributed by atoms with E-state index in [9.17, 15) is 4.79 Å². The van der Waals surface area contributed by atoms with Crippen molar-refractivity contribution in [1.29, 1.82) is 0 Å². The number of carbonyl (C=O) groups excluding carboxylic acids is 1. The summed E-state index contributed by atoms with van der Waals surface area (Å²) in [5.41, 5.74) is 2.57. The summed E-state index contributed by atoms with van der Waals surface area (Å²) in [5, 5.41) is 6.49. The average molecular weight is 246 g/mol. The highest BCUT2D eigenvalue weighted by molar-refractivity contribution is 5.76. The predicted molar refractivity (Wildman–Crippen MR) is 73.4 cm³/mol. The van der Waals surface area contributed by atoms with Gasteiger partial charge in [0.2, 0.25) is 5.91 Å². The van der Waals surface area contributed by atoms with E-state index in [1.165, 1.54) is 11.1 Å². The van der Waals surface area contributed by atoms with Crippen molar-refractivity contribution in [2.24, 2.45) is 0 Å². The van der Waals surface area contributed by atoms with Crippen molar-refractivity contribution in [3.05, 3.63) is 35.4 Å². The zero-order chi connectivity index (χ0) is 13.0. The van der Waals surface area contributed by atoms with Crippen LogP contribution in [0.4, 0.5) is 0 Å². The molecule has 98 valence electrons. The Morgan fingerprint density at radius 3 is 3.06 bits per heavy atom. The first kappa shape index (κ1) is 13.1. The molecule has 0 aromatic heterocycles. The van der Waals surface area contributed by atoms with Crippen molar-refractivity contribution in [3.63, 3.8) is 0 Å². The maximum absolute atomic E-state index is 11.5. The molecule has 0 bridgehead atoms. The minimum atomic E-state index is 0.168. The Bertz CT molecular complexity index is 417. The molecule has 0 spiro atoms. The van der Waals surface area contributed by atoms with E-state index < -0.39 is 0 Å². The molecule has 2 rings (SSSR count). The Morgan fingerprint density at radius 2 is 2.28 bits per heavy atom. The smallest absolute Gasteiger partial charge is 0.221 e. The van der Waals surface area contributed by atoms with E-state index in [1.54, 1.807) is 0 Å². The number of benzene rings is 1. The van der Waals surface area contributed by atoms with E-state index in [1.807, 2.05) is 0 Å². The summed E-state index contributed by atoms with van der Waals surface area (Å²) in [6, 6.07) is 9.12. The number of aryl methyl sites for hydroxylation is 1. The van der Waals surface area contributed by atoms with Gasteiger partial charge in [0, 0.05) is 25.0 Å². The van der Waals surface area contributed by atoms with E-state index in [-0.39, 0.29) is 5.91 Å². The zero-order valence-corrected chi connectivity index (χ0v) is 11.2. The molecule has 1 aromatic carbocycles. The van der Waals surface area contributed by atoms with Gasteiger partial charge in [0.1, 0.15) is 0 Å². The van der Waals surface area contributed by atoms with Crippen LogP contribution >= 0.6 is 0 Å². The second-order valence-electron chi connectivity index (χ2n) is 5.20. The fourth-order valence-electron chi connectivity index (χ4n) is 2.51. The third-order valence-corrected chi connectivity index (χ3v) is 3.51. The Morgan fingerprint density at radius 1 is 1.44 bits per heavy atom. The van der Waals surface area contributed by atoms with Crippen molar-refractivity contribution in [2.45, 2.75) is 45.2 Å². The van der Waals surface area contributed by atoms with Crippen LogP contribution in [0.1, 0.15) is 43.4 Å². The van der Waals surface area contributed by atoms with E-state index in [0.29, 0.717) is 18.5 Å².